The van der Waals surface area contributed by atoms with Crippen LogP contribution in [0.2, 0.25) is 0 Å². The van der Waals surface area contributed by atoms with Gasteiger partial charge in [-0.3, -0.25) is 14.6 Å². The highest BCUT2D eigenvalue weighted by Crippen LogP contribution is 2.31. The Kier molecular flexibility index (Phi) is 6.18. The van der Waals surface area contributed by atoms with Crippen LogP contribution in [0.15, 0.2) is 84.4 Å². The highest BCUT2D eigenvalue weighted by Gasteiger charge is 2.37. The molecule has 170 valence electrons. The maximum atomic E-state index is 13.0. The number of nitrogens with one attached hydrogen (secondary N) is 1. The number of thiazole rings is 1. The Balaban J connectivity index is 1.27. The van der Waals surface area contributed by atoms with Gasteiger partial charge >= 0.3 is 0 Å². The molecule has 2 aromatic carbocycles. The van der Waals surface area contributed by atoms with Crippen LogP contribution in [0.3, 0.4) is 0 Å². The molecule has 34 heavy (non-hydrogen) atoms. The van der Waals surface area contributed by atoms with Gasteiger partial charge in [-0.1, -0.05) is 48.5 Å². The predicted octanol–water partition coefficient (Wildman–Crippen LogP) is 5.42. The number of anilines is 1. The lowest BCUT2D eigenvalue weighted by Gasteiger charge is -2.25. The van der Waals surface area contributed by atoms with Crippen LogP contribution < -0.4 is 5.32 Å². The van der Waals surface area contributed by atoms with Crippen LogP contribution in [-0.4, -0.2) is 33.2 Å². The average molecular weight is 469 g/mol. The predicted molar refractivity (Wildman–Crippen MR) is 134 cm³/mol. The molecule has 0 radical (unpaired) electrons. The first-order valence-corrected chi connectivity index (χ1v) is 12.1. The molecular formula is C27H24N4O2S. The SMILES string of the molecule is CC(c1ccccc1)N1CC(C(=O)Nc2cccc(-c3csc(-c4ccccn4)n3)c2)CC1=O. The van der Waals surface area contributed by atoms with E-state index in [1.54, 1.807) is 11.1 Å². The highest BCUT2D eigenvalue weighted by molar-refractivity contribution is 7.13. The molecule has 0 bridgehead atoms. The topological polar surface area (TPSA) is 75.2 Å². The Labute approximate surface area is 202 Å². The second kappa shape index (κ2) is 9.57. The molecule has 7 heteroatoms. The van der Waals surface area contributed by atoms with Gasteiger partial charge in [-0.05, 0) is 36.8 Å². The molecule has 2 amide bonds. The van der Waals surface area contributed by atoms with Gasteiger partial charge in [-0.2, -0.15) is 0 Å². The molecule has 5 rings (SSSR count). The van der Waals surface area contributed by atoms with Crippen molar-refractivity contribution in [3.05, 3.63) is 89.9 Å². The van der Waals surface area contributed by atoms with Gasteiger partial charge in [0.15, 0.2) is 0 Å². The number of carbonyl (C=O) groups is 2. The zero-order valence-electron chi connectivity index (χ0n) is 18.7. The molecule has 0 saturated carbocycles. The van der Waals surface area contributed by atoms with Crippen molar-refractivity contribution in [2.75, 3.05) is 11.9 Å². The summed E-state index contributed by atoms with van der Waals surface area (Å²) in [6.45, 7) is 2.42. The van der Waals surface area contributed by atoms with E-state index < -0.39 is 0 Å². The molecule has 4 aromatic rings. The molecule has 1 N–H and O–H groups in total. The van der Waals surface area contributed by atoms with Crippen LogP contribution in [0.4, 0.5) is 5.69 Å². The van der Waals surface area contributed by atoms with Crippen LogP contribution in [0.25, 0.3) is 22.0 Å². The highest BCUT2D eigenvalue weighted by atomic mass is 32.1. The largest absolute Gasteiger partial charge is 0.335 e. The van der Waals surface area contributed by atoms with Crippen molar-refractivity contribution in [3.8, 4) is 22.0 Å². The van der Waals surface area contributed by atoms with E-state index in [-0.39, 0.29) is 30.2 Å². The molecule has 1 aliphatic heterocycles. The normalized spacial score (nSPS) is 16.4. The van der Waals surface area contributed by atoms with Crippen molar-refractivity contribution in [3.63, 3.8) is 0 Å². The summed E-state index contributed by atoms with van der Waals surface area (Å²) < 4.78 is 0. The van der Waals surface area contributed by atoms with Crippen molar-refractivity contribution >= 4 is 28.8 Å². The molecule has 1 saturated heterocycles. The minimum Gasteiger partial charge on any atom is -0.335 e. The van der Waals surface area contributed by atoms with E-state index in [4.69, 9.17) is 4.98 Å². The van der Waals surface area contributed by atoms with Gasteiger partial charge in [0.1, 0.15) is 5.01 Å². The van der Waals surface area contributed by atoms with Crippen molar-refractivity contribution in [1.29, 1.82) is 0 Å². The Morgan fingerprint density at radius 1 is 1.06 bits per heavy atom. The van der Waals surface area contributed by atoms with Crippen molar-refractivity contribution < 1.29 is 9.59 Å². The molecule has 1 fully saturated rings. The standard InChI is InChI=1S/C27H24N4O2S/c1-18(19-8-3-2-4-9-19)31-16-21(15-25(31)32)26(33)29-22-11-7-10-20(14-22)24-17-34-27(30-24)23-12-5-6-13-28-23/h2-14,17-18,21H,15-16H2,1H3,(H,29,33). The smallest absolute Gasteiger partial charge is 0.229 e. The fourth-order valence-electron chi connectivity index (χ4n) is 4.21. The van der Waals surface area contributed by atoms with E-state index in [2.05, 4.69) is 10.3 Å². The number of aromatic nitrogens is 2. The Bertz CT molecular complexity index is 1310. The summed E-state index contributed by atoms with van der Waals surface area (Å²) in [6.07, 6.45) is 1.98. The average Bonchev–Trinajstić information content (AvgIpc) is 3.52. The summed E-state index contributed by atoms with van der Waals surface area (Å²) in [7, 11) is 0. The number of nitrogens with zero attached hydrogens (tertiary/aromatic N) is 3. The first kappa shape index (κ1) is 22.0. The fourth-order valence-corrected chi connectivity index (χ4v) is 5.01. The van der Waals surface area contributed by atoms with Crippen LogP contribution in [0.1, 0.15) is 24.9 Å². The van der Waals surface area contributed by atoms with Gasteiger partial charge in [0, 0.05) is 35.8 Å². The van der Waals surface area contributed by atoms with Gasteiger partial charge in [-0.15, -0.1) is 11.3 Å². The third kappa shape index (κ3) is 4.61. The molecule has 2 unspecified atom stereocenters. The number of likely N-dealkylation sites (tertiary alicyclic amines) is 1. The van der Waals surface area contributed by atoms with Gasteiger partial charge in [0.05, 0.1) is 23.3 Å². The van der Waals surface area contributed by atoms with Crippen molar-refractivity contribution in [2.45, 2.75) is 19.4 Å². The zero-order chi connectivity index (χ0) is 23.5. The molecule has 6 nitrogen and oxygen atoms in total. The van der Waals surface area contributed by atoms with Crippen LogP contribution >= 0.6 is 11.3 Å². The van der Waals surface area contributed by atoms with E-state index in [9.17, 15) is 9.59 Å². The Morgan fingerprint density at radius 3 is 2.68 bits per heavy atom. The third-order valence-electron chi connectivity index (χ3n) is 6.09. The summed E-state index contributed by atoms with van der Waals surface area (Å²) in [4.78, 5) is 36.5. The molecule has 2 aromatic heterocycles. The summed E-state index contributed by atoms with van der Waals surface area (Å²) in [6, 6.07) is 23.2. The van der Waals surface area contributed by atoms with E-state index in [0.717, 1.165) is 27.5 Å². The summed E-state index contributed by atoms with van der Waals surface area (Å²) in [5, 5.41) is 5.84. The number of amides is 2. The molecule has 1 aliphatic rings. The lowest BCUT2D eigenvalue weighted by Crippen LogP contribution is -2.30. The second-order valence-corrected chi connectivity index (χ2v) is 9.21. The van der Waals surface area contributed by atoms with Crippen LogP contribution in [-0.2, 0) is 9.59 Å². The van der Waals surface area contributed by atoms with E-state index >= 15 is 0 Å². The van der Waals surface area contributed by atoms with Gasteiger partial charge in [0.2, 0.25) is 11.8 Å². The van der Waals surface area contributed by atoms with E-state index in [0.29, 0.717) is 12.2 Å². The number of rotatable bonds is 6. The van der Waals surface area contributed by atoms with Gasteiger partial charge in [-0.25, -0.2) is 4.98 Å². The Morgan fingerprint density at radius 2 is 1.88 bits per heavy atom. The van der Waals surface area contributed by atoms with Crippen molar-refractivity contribution in [1.82, 2.24) is 14.9 Å². The van der Waals surface area contributed by atoms with Crippen LogP contribution in [0, 0.1) is 5.92 Å². The summed E-state index contributed by atoms with van der Waals surface area (Å²) in [5.74, 6) is -0.507. The summed E-state index contributed by atoms with van der Waals surface area (Å²) >= 11 is 1.53. The number of hydrogen-bond donors (Lipinski definition) is 1. The van der Waals surface area contributed by atoms with E-state index in [1.807, 2.05) is 85.1 Å². The number of benzene rings is 2. The molecule has 0 aliphatic carbocycles. The first-order chi connectivity index (χ1) is 16.6. The van der Waals surface area contributed by atoms with Crippen LogP contribution in [0.5, 0.6) is 0 Å². The second-order valence-electron chi connectivity index (χ2n) is 8.36. The quantitative estimate of drug-likeness (QED) is 0.410. The third-order valence-corrected chi connectivity index (χ3v) is 6.96. The monoisotopic (exact) mass is 468 g/mol. The molecule has 0 spiro atoms. The zero-order valence-corrected chi connectivity index (χ0v) is 19.5. The summed E-state index contributed by atoms with van der Waals surface area (Å²) in [5.41, 5.74) is 4.34. The molecular weight excluding hydrogens is 444 g/mol. The fraction of sp³-hybridized carbons (Fsp3) is 0.185. The number of pyridine rings is 1. The van der Waals surface area contributed by atoms with Gasteiger partial charge in [0.25, 0.3) is 0 Å². The minimum absolute atomic E-state index is 0.00905. The maximum Gasteiger partial charge on any atom is 0.229 e. The van der Waals surface area contributed by atoms with Crippen molar-refractivity contribution in [2.24, 2.45) is 5.92 Å². The molecule has 3 heterocycles. The molecule has 2 atom stereocenters. The van der Waals surface area contributed by atoms with E-state index in [1.165, 1.54) is 11.3 Å². The van der Waals surface area contributed by atoms with Gasteiger partial charge < -0.3 is 10.2 Å². The maximum absolute atomic E-state index is 13.0. The lowest BCUT2D eigenvalue weighted by atomic mass is 10.1. The minimum atomic E-state index is -0.377. The Hall–Kier alpha value is -3.84. The number of hydrogen-bond acceptors (Lipinski definition) is 5. The number of carbonyl (C=O) groups excluding carboxylic acids is 2. The first-order valence-electron chi connectivity index (χ1n) is 11.2. The lowest BCUT2D eigenvalue weighted by molar-refractivity contribution is -0.129.